The minimum absolute atomic E-state index is 0.110. The number of halogens is 3. The lowest BCUT2D eigenvalue weighted by atomic mass is 10.0. The van der Waals surface area contributed by atoms with Crippen LogP contribution in [0.5, 0.6) is 0 Å². The monoisotopic (exact) mass is 623 g/mol. The first-order valence-corrected chi connectivity index (χ1v) is 15.7. The van der Waals surface area contributed by atoms with Crippen LogP contribution in [0.15, 0.2) is 72.8 Å². The van der Waals surface area contributed by atoms with Crippen molar-refractivity contribution in [3.05, 3.63) is 99.0 Å². The van der Waals surface area contributed by atoms with Crippen molar-refractivity contribution in [2.75, 3.05) is 17.1 Å². The first kappa shape index (κ1) is 31.7. The molecule has 0 radical (unpaired) electrons. The molecule has 40 heavy (non-hydrogen) atoms. The maximum atomic E-state index is 14.1. The molecule has 0 heterocycles. The van der Waals surface area contributed by atoms with Gasteiger partial charge in [-0.15, -0.1) is 0 Å². The van der Waals surface area contributed by atoms with Gasteiger partial charge in [0.25, 0.3) is 0 Å². The van der Waals surface area contributed by atoms with Gasteiger partial charge in [-0.1, -0.05) is 78.1 Å². The average molecular weight is 625 g/mol. The Morgan fingerprint density at radius 3 is 2.05 bits per heavy atom. The maximum absolute atomic E-state index is 14.1. The Hall–Kier alpha value is -2.78. The van der Waals surface area contributed by atoms with Crippen molar-refractivity contribution in [3.63, 3.8) is 0 Å². The molecule has 0 unspecified atom stereocenters. The molecule has 0 aliphatic heterocycles. The third kappa shape index (κ3) is 8.61. The predicted octanol–water partition coefficient (Wildman–Crippen LogP) is 5.97. The fraction of sp³-hybridized carbons (Fsp3) is 0.310. The smallest absolute Gasteiger partial charge is 0.244 e. The zero-order valence-corrected chi connectivity index (χ0v) is 25.6. The summed E-state index contributed by atoms with van der Waals surface area (Å²) in [6, 6.07) is 19.3. The second-order valence-electron chi connectivity index (χ2n) is 9.49. The number of rotatable bonds is 12. The van der Waals surface area contributed by atoms with E-state index in [1.807, 2.05) is 44.2 Å². The van der Waals surface area contributed by atoms with Gasteiger partial charge >= 0.3 is 0 Å². The number of anilines is 1. The quantitative estimate of drug-likeness (QED) is 0.269. The van der Waals surface area contributed by atoms with Crippen molar-refractivity contribution in [2.45, 2.75) is 45.3 Å². The summed E-state index contributed by atoms with van der Waals surface area (Å²) >= 11 is 19.0. The van der Waals surface area contributed by atoms with Crippen molar-refractivity contribution in [3.8, 4) is 0 Å². The zero-order chi connectivity index (χ0) is 29.4. The summed E-state index contributed by atoms with van der Waals surface area (Å²) in [5.41, 5.74) is 1.54. The number of sulfonamides is 1. The van der Waals surface area contributed by atoms with Gasteiger partial charge in [0.1, 0.15) is 12.6 Å². The van der Waals surface area contributed by atoms with Gasteiger partial charge in [0.2, 0.25) is 21.8 Å². The minimum Gasteiger partial charge on any atom is -0.352 e. The van der Waals surface area contributed by atoms with Crippen molar-refractivity contribution >= 4 is 62.3 Å². The molecule has 0 spiro atoms. The number of carbonyl (C=O) groups excluding carboxylic acids is 2. The highest BCUT2D eigenvalue weighted by Gasteiger charge is 2.34. The van der Waals surface area contributed by atoms with Gasteiger partial charge in [0, 0.05) is 39.6 Å². The molecule has 0 aliphatic carbocycles. The van der Waals surface area contributed by atoms with Crippen molar-refractivity contribution in [1.82, 2.24) is 10.2 Å². The van der Waals surface area contributed by atoms with Crippen molar-refractivity contribution in [2.24, 2.45) is 0 Å². The second-order valence-corrected chi connectivity index (χ2v) is 12.6. The van der Waals surface area contributed by atoms with Crippen LogP contribution in [0.3, 0.4) is 0 Å². The van der Waals surface area contributed by atoms with Crippen molar-refractivity contribution in [1.29, 1.82) is 0 Å². The first-order valence-electron chi connectivity index (χ1n) is 12.7. The number of hydrogen-bond acceptors (Lipinski definition) is 4. The van der Waals surface area contributed by atoms with E-state index in [9.17, 15) is 18.0 Å². The topological polar surface area (TPSA) is 86.8 Å². The number of amides is 2. The van der Waals surface area contributed by atoms with E-state index in [0.717, 1.165) is 16.1 Å². The Labute approximate surface area is 251 Å². The van der Waals surface area contributed by atoms with Gasteiger partial charge < -0.3 is 10.2 Å². The van der Waals surface area contributed by atoms with E-state index in [2.05, 4.69) is 5.32 Å². The van der Waals surface area contributed by atoms with Crippen molar-refractivity contribution < 1.29 is 18.0 Å². The first-order chi connectivity index (χ1) is 18.9. The Balaban J connectivity index is 2.10. The molecule has 0 saturated heterocycles. The highest BCUT2D eigenvalue weighted by Crippen LogP contribution is 2.28. The molecule has 0 saturated carbocycles. The molecule has 0 aliphatic rings. The molecule has 214 valence electrons. The van der Waals surface area contributed by atoms with Crippen LogP contribution in [0.4, 0.5) is 5.69 Å². The highest BCUT2D eigenvalue weighted by molar-refractivity contribution is 7.92. The van der Waals surface area contributed by atoms with Crippen LogP contribution in [-0.2, 0) is 32.6 Å². The van der Waals surface area contributed by atoms with E-state index in [0.29, 0.717) is 27.1 Å². The SMILES string of the molecule is CC[C@H](C)NC(=O)[C@@H](Cc1ccccc1)N(Cc1c(Cl)cccc1Cl)C(=O)CN(c1ccc(Cl)cc1)S(C)(=O)=O. The summed E-state index contributed by atoms with van der Waals surface area (Å²) in [7, 11) is -3.89. The Morgan fingerprint density at radius 1 is 0.900 bits per heavy atom. The normalized spacial score (nSPS) is 12.8. The van der Waals surface area contributed by atoms with Crippen LogP contribution >= 0.6 is 34.8 Å². The van der Waals surface area contributed by atoms with Gasteiger partial charge in [-0.2, -0.15) is 0 Å². The fourth-order valence-electron chi connectivity index (χ4n) is 4.07. The number of nitrogens with one attached hydrogen (secondary N) is 1. The van der Waals surface area contributed by atoms with E-state index in [4.69, 9.17) is 34.8 Å². The summed E-state index contributed by atoms with van der Waals surface area (Å²) in [4.78, 5) is 29.1. The van der Waals surface area contributed by atoms with E-state index in [1.165, 1.54) is 17.0 Å². The third-order valence-electron chi connectivity index (χ3n) is 6.46. The lowest BCUT2D eigenvalue weighted by molar-refractivity contribution is -0.140. The number of hydrogen-bond donors (Lipinski definition) is 1. The van der Waals surface area contributed by atoms with E-state index < -0.39 is 28.5 Å². The number of nitrogens with zero attached hydrogens (tertiary/aromatic N) is 2. The maximum Gasteiger partial charge on any atom is 0.244 e. The fourth-order valence-corrected chi connectivity index (χ4v) is 5.56. The zero-order valence-electron chi connectivity index (χ0n) is 22.5. The molecular weight excluding hydrogens is 593 g/mol. The van der Waals surface area contributed by atoms with Gasteiger partial charge in [0.05, 0.1) is 11.9 Å². The predicted molar refractivity (Wildman–Crippen MR) is 162 cm³/mol. The molecule has 2 atom stereocenters. The molecule has 2 amide bonds. The number of carbonyl (C=O) groups is 2. The van der Waals surface area contributed by atoms with Gasteiger partial charge in [-0.25, -0.2) is 8.42 Å². The summed E-state index contributed by atoms with van der Waals surface area (Å²) in [6.07, 6.45) is 1.89. The van der Waals surface area contributed by atoms with Crippen LogP contribution in [0, 0.1) is 0 Å². The molecule has 3 aromatic rings. The molecule has 11 heteroatoms. The Kier molecular flexibility index (Phi) is 11.3. The Morgan fingerprint density at radius 2 is 1.50 bits per heavy atom. The van der Waals surface area contributed by atoms with Gasteiger partial charge in [-0.05, 0) is 55.3 Å². The summed E-state index contributed by atoms with van der Waals surface area (Å²) in [5.74, 6) is -0.969. The summed E-state index contributed by atoms with van der Waals surface area (Å²) in [6.45, 7) is 3.16. The van der Waals surface area contributed by atoms with Gasteiger partial charge in [-0.3, -0.25) is 13.9 Å². The standard InChI is InChI=1S/C29H32Cl3N3O4S/c1-4-20(2)33-29(37)27(17-21-9-6-5-7-10-21)34(18-24-25(31)11-8-12-26(24)32)28(36)19-35(40(3,38)39)23-15-13-22(30)14-16-23/h5-16,20,27H,4,17-19H2,1-3H3,(H,33,37)/t20-,27+/m0/s1. The molecule has 1 N–H and O–H groups in total. The lowest BCUT2D eigenvalue weighted by Crippen LogP contribution is -2.54. The van der Waals surface area contributed by atoms with E-state index in [-0.39, 0.29) is 30.6 Å². The second kappa shape index (κ2) is 14.2. The van der Waals surface area contributed by atoms with E-state index in [1.54, 1.807) is 30.3 Å². The molecule has 0 bridgehead atoms. The molecule has 7 nitrogen and oxygen atoms in total. The van der Waals surface area contributed by atoms with Crippen LogP contribution in [0.2, 0.25) is 15.1 Å². The minimum atomic E-state index is -3.89. The molecular formula is C29H32Cl3N3O4S. The molecule has 3 aromatic carbocycles. The summed E-state index contributed by atoms with van der Waals surface area (Å²) in [5, 5.41) is 4.04. The number of benzene rings is 3. The van der Waals surface area contributed by atoms with Crippen LogP contribution in [0.25, 0.3) is 0 Å². The largest absolute Gasteiger partial charge is 0.352 e. The Bertz CT molecular complexity index is 1400. The van der Waals surface area contributed by atoms with Crippen LogP contribution in [-0.4, -0.2) is 50.0 Å². The van der Waals surface area contributed by atoms with Crippen LogP contribution < -0.4 is 9.62 Å². The molecule has 3 rings (SSSR count). The third-order valence-corrected chi connectivity index (χ3v) is 8.56. The molecule has 0 fully saturated rings. The van der Waals surface area contributed by atoms with Gasteiger partial charge in [0.15, 0.2) is 0 Å². The summed E-state index contributed by atoms with van der Waals surface area (Å²) < 4.78 is 26.6. The molecule has 0 aromatic heterocycles. The lowest BCUT2D eigenvalue weighted by Gasteiger charge is -2.34. The van der Waals surface area contributed by atoms with Crippen LogP contribution in [0.1, 0.15) is 31.4 Å². The van der Waals surface area contributed by atoms with E-state index >= 15 is 0 Å². The average Bonchev–Trinajstić information content (AvgIpc) is 2.91. The highest BCUT2D eigenvalue weighted by atomic mass is 35.5.